The van der Waals surface area contributed by atoms with E-state index < -0.39 is 17.9 Å². The van der Waals surface area contributed by atoms with E-state index in [0.717, 1.165) is 33.9 Å². The largest absolute Gasteiger partial charge is 0.465 e. The molecular formula is C26H28N4O3. The summed E-state index contributed by atoms with van der Waals surface area (Å²) in [6, 6.07) is 15.2. The minimum atomic E-state index is -0.999. The van der Waals surface area contributed by atoms with Gasteiger partial charge in [-0.05, 0) is 37.5 Å². The third kappa shape index (κ3) is 3.48. The molecule has 1 N–H and O–H groups in total. The lowest BCUT2D eigenvalue weighted by molar-refractivity contribution is -0.153. The van der Waals surface area contributed by atoms with Gasteiger partial charge in [0.25, 0.3) is 0 Å². The molecule has 4 aromatic rings. The quantitative estimate of drug-likeness (QED) is 0.346. The normalized spacial score (nSPS) is 18.3. The molecule has 2 aromatic heterocycles. The number of nitrogens with zero attached hydrogens (tertiary/aromatic N) is 3. The van der Waals surface area contributed by atoms with Crippen LogP contribution in [0.15, 0.2) is 54.7 Å². The van der Waals surface area contributed by atoms with Crippen LogP contribution >= 0.6 is 0 Å². The summed E-state index contributed by atoms with van der Waals surface area (Å²) in [7, 11) is 0. The topological polar surface area (TPSA) is 80.2 Å². The first kappa shape index (κ1) is 21.2. The molecule has 0 spiro atoms. The number of anilines is 1. The van der Waals surface area contributed by atoms with Gasteiger partial charge in [-0.3, -0.25) is 14.5 Å². The Morgan fingerprint density at radius 3 is 2.70 bits per heavy atom. The molecule has 0 radical (unpaired) electrons. The molecule has 1 aliphatic heterocycles. The number of aromatic amines is 1. The summed E-state index contributed by atoms with van der Waals surface area (Å²) in [6.07, 6.45) is 2.71. The second-order valence-corrected chi connectivity index (χ2v) is 8.91. The lowest BCUT2D eigenvalue weighted by Crippen LogP contribution is -2.50. The molecule has 1 amide bonds. The van der Waals surface area contributed by atoms with Crippen molar-refractivity contribution in [1.82, 2.24) is 14.5 Å². The summed E-state index contributed by atoms with van der Waals surface area (Å²) < 4.78 is 7.49. The summed E-state index contributed by atoms with van der Waals surface area (Å²) in [6.45, 7) is 6.72. The van der Waals surface area contributed by atoms with Gasteiger partial charge >= 0.3 is 5.97 Å². The molecule has 0 saturated carbocycles. The Labute approximate surface area is 192 Å². The second kappa shape index (κ2) is 8.39. The SMILES string of the molecule is CCOC(=O)[C@H]1C(=O)N(CCC(C)C)c2nc3ccccc3n2[C@H]1c1c[nH]c2ccccc12. The Morgan fingerprint density at radius 2 is 1.91 bits per heavy atom. The monoisotopic (exact) mass is 444 g/mol. The van der Waals surface area contributed by atoms with Crippen molar-refractivity contribution in [3.8, 4) is 0 Å². The smallest absolute Gasteiger partial charge is 0.321 e. The van der Waals surface area contributed by atoms with Gasteiger partial charge in [0, 0.05) is 29.2 Å². The number of esters is 1. The lowest BCUT2D eigenvalue weighted by atomic mass is 9.89. The summed E-state index contributed by atoms with van der Waals surface area (Å²) in [5.41, 5.74) is 3.52. The molecule has 33 heavy (non-hydrogen) atoms. The molecule has 3 heterocycles. The van der Waals surface area contributed by atoms with Crippen LogP contribution in [0.4, 0.5) is 5.95 Å². The summed E-state index contributed by atoms with van der Waals surface area (Å²) in [5, 5.41) is 0.976. The van der Waals surface area contributed by atoms with Gasteiger partial charge in [-0.25, -0.2) is 4.98 Å². The van der Waals surface area contributed by atoms with E-state index in [9.17, 15) is 9.59 Å². The fourth-order valence-corrected chi connectivity index (χ4v) is 4.76. The third-order valence-corrected chi connectivity index (χ3v) is 6.36. The second-order valence-electron chi connectivity index (χ2n) is 8.91. The van der Waals surface area contributed by atoms with E-state index in [-0.39, 0.29) is 12.5 Å². The highest BCUT2D eigenvalue weighted by Crippen LogP contribution is 2.43. The molecule has 0 fully saturated rings. The van der Waals surface area contributed by atoms with Gasteiger partial charge in [0.05, 0.1) is 23.7 Å². The molecule has 0 saturated heterocycles. The molecule has 0 aliphatic carbocycles. The van der Waals surface area contributed by atoms with E-state index in [0.29, 0.717) is 18.4 Å². The van der Waals surface area contributed by atoms with Crippen molar-refractivity contribution in [1.29, 1.82) is 0 Å². The summed E-state index contributed by atoms with van der Waals surface area (Å²) >= 11 is 0. The van der Waals surface area contributed by atoms with Crippen LogP contribution in [0.2, 0.25) is 0 Å². The van der Waals surface area contributed by atoms with Crippen LogP contribution in [0.25, 0.3) is 21.9 Å². The number of hydrogen-bond acceptors (Lipinski definition) is 4. The maximum atomic E-state index is 13.9. The Morgan fingerprint density at radius 1 is 1.15 bits per heavy atom. The van der Waals surface area contributed by atoms with Gasteiger partial charge in [-0.1, -0.05) is 44.2 Å². The predicted octanol–water partition coefficient (Wildman–Crippen LogP) is 4.68. The minimum Gasteiger partial charge on any atom is -0.465 e. The minimum absolute atomic E-state index is 0.215. The maximum Gasteiger partial charge on any atom is 0.321 e. The number of para-hydroxylation sites is 3. The van der Waals surface area contributed by atoms with Crippen LogP contribution in [0.3, 0.4) is 0 Å². The van der Waals surface area contributed by atoms with Crippen LogP contribution in [0.5, 0.6) is 0 Å². The molecule has 0 bridgehead atoms. The molecule has 7 heteroatoms. The van der Waals surface area contributed by atoms with Crippen molar-refractivity contribution in [3.05, 3.63) is 60.3 Å². The number of benzene rings is 2. The molecule has 170 valence electrons. The Kier molecular flexibility index (Phi) is 5.40. The van der Waals surface area contributed by atoms with Crippen LogP contribution in [-0.4, -0.2) is 39.6 Å². The van der Waals surface area contributed by atoms with Crippen molar-refractivity contribution in [2.24, 2.45) is 11.8 Å². The highest BCUT2D eigenvalue weighted by molar-refractivity contribution is 6.09. The number of amides is 1. The molecule has 0 unspecified atom stereocenters. The number of aromatic nitrogens is 3. The Bertz CT molecular complexity index is 1340. The van der Waals surface area contributed by atoms with E-state index >= 15 is 0 Å². The number of carbonyl (C=O) groups is 2. The summed E-state index contributed by atoms with van der Waals surface area (Å²) in [4.78, 5) is 37.0. The van der Waals surface area contributed by atoms with E-state index in [1.54, 1.807) is 11.8 Å². The highest BCUT2D eigenvalue weighted by atomic mass is 16.5. The molecule has 7 nitrogen and oxygen atoms in total. The standard InChI is InChI=1S/C26H28N4O3/c1-4-33-25(32)22-23(18-15-27-19-10-6-5-9-17(18)19)30-21-12-8-7-11-20(21)28-26(30)29(24(22)31)14-13-16(2)3/h5-12,15-16,22-23,27H,4,13-14H2,1-3H3/t22-,23+/m1/s1. The van der Waals surface area contributed by atoms with Gasteiger partial charge in [0.15, 0.2) is 5.92 Å². The predicted molar refractivity (Wildman–Crippen MR) is 128 cm³/mol. The number of imidazole rings is 1. The Hall–Kier alpha value is -3.61. The van der Waals surface area contributed by atoms with Crippen LogP contribution in [-0.2, 0) is 14.3 Å². The molecule has 1 aliphatic rings. The number of H-pyrrole nitrogens is 1. The number of fused-ring (bicyclic) bond motifs is 4. The molecule has 5 rings (SSSR count). The van der Waals surface area contributed by atoms with Crippen LogP contribution in [0, 0.1) is 11.8 Å². The van der Waals surface area contributed by atoms with Crippen LogP contribution in [0.1, 0.15) is 38.8 Å². The van der Waals surface area contributed by atoms with E-state index in [1.165, 1.54) is 0 Å². The fourth-order valence-electron chi connectivity index (χ4n) is 4.76. The zero-order valence-electron chi connectivity index (χ0n) is 19.1. The van der Waals surface area contributed by atoms with Gasteiger partial charge in [0.2, 0.25) is 11.9 Å². The maximum absolute atomic E-state index is 13.9. The fraction of sp³-hybridized carbons (Fsp3) is 0.346. The van der Waals surface area contributed by atoms with E-state index in [4.69, 9.17) is 9.72 Å². The first-order valence-corrected chi connectivity index (χ1v) is 11.5. The van der Waals surface area contributed by atoms with Crippen molar-refractivity contribution < 1.29 is 14.3 Å². The van der Waals surface area contributed by atoms with Crippen molar-refractivity contribution in [2.75, 3.05) is 18.1 Å². The molecule has 2 atom stereocenters. The molecular weight excluding hydrogens is 416 g/mol. The van der Waals surface area contributed by atoms with Gasteiger partial charge < -0.3 is 14.3 Å². The Balaban J connectivity index is 1.78. The van der Waals surface area contributed by atoms with E-state index in [1.807, 2.05) is 59.3 Å². The van der Waals surface area contributed by atoms with Gasteiger partial charge in [-0.15, -0.1) is 0 Å². The summed E-state index contributed by atoms with van der Waals surface area (Å²) in [5.74, 6) is -0.773. The molecule has 2 aromatic carbocycles. The zero-order chi connectivity index (χ0) is 23.1. The number of hydrogen-bond donors (Lipinski definition) is 1. The van der Waals surface area contributed by atoms with E-state index in [2.05, 4.69) is 18.8 Å². The zero-order valence-corrected chi connectivity index (χ0v) is 19.1. The number of nitrogens with one attached hydrogen (secondary N) is 1. The van der Waals surface area contributed by atoms with Gasteiger partial charge in [0.1, 0.15) is 0 Å². The van der Waals surface area contributed by atoms with Crippen molar-refractivity contribution in [2.45, 2.75) is 33.2 Å². The average Bonchev–Trinajstić information content (AvgIpc) is 3.39. The first-order valence-electron chi connectivity index (χ1n) is 11.5. The first-order chi connectivity index (χ1) is 16.0. The highest BCUT2D eigenvalue weighted by Gasteiger charge is 2.48. The number of carbonyl (C=O) groups excluding carboxylic acids is 2. The van der Waals surface area contributed by atoms with Crippen molar-refractivity contribution >= 4 is 39.8 Å². The number of rotatable bonds is 6. The van der Waals surface area contributed by atoms with Gasteiger partial charge in [-0.2, -0.15) is 0 Å². The lowest BCUT2D eigenvalue weighted by Gasteiger charge is -2.38. The van der Waals surface area contributed by atoms with Crippen molar-refractivity contribution in [3.63, 3.8) is 0 Å². The third-order valence-electron chi connectivity index (χ3n) is 6.36. The number of ether oxygens (including phenoxy) is 1. The van der Waals surface area contributed by atoms with Crippen LogP contribution < -0.4 is 4.90 Å². The average molecular weight is 445 g/mol.